The fraction of sp³-hybridized carbons (Fsp3) is 0.400. The molecule has 0 spiro atoms. The Balaban J connectivity index is 2.07. The SMILES string of the molecule is CNCC1CCOC1c1ccc(Cl)c2cccnc12. The minimum atomic E-state index is 0.113. The summed E-state index contributed by atoms with van der Waals surface area (Å²) < 4.78 is 5.93. The second kappa shape index (κ2) is 5.45. The summed E-state index contributed by atoms with van der Waals surface area (Å²) in [5.41, 5.74) is 2.11. The molecule has 1 aliphatic rings. The average Bonchev–Trinajstić information content (AvgIpc) is 2.88. The molecule has 0 bridgehead atoms. The van der Waals surface area contributed by atoms with E-state index in [0.29, 0.717) is 5.92 Å². The van der Waals surface area contributed by atoms with Crippen LogP contribution in [-0.2, 0) is 4.74 Å². The number of pyridine rings is 1. The number of nitrogens with zero attached hydrogens (tertiary/aromatic N) is 1. The van der Waals surface area contributed by atoms with Gasteiger partial charge in [-0.15, -0.1) is 0 Å². The summed E-state index contributed by atoms with van der Waals surface area (Å²) in [7, 11) is 1.98. The molecule has 2 atom stereocenters. The van der Waals surface area contributed by atoms with Crippen molar-refractivity contribution in [2.24, 2.45) is 5.92 Å². The van der Waals surface area contributed by atoms with Gasteiger partial charge in [-0.25, -0.2) is 0 Å². The Hall–Kier alpha value is -1.16. The van der Waals surface area contributed by atoms with Crippen LogP contribution in [0.15, 0.2) is 30.5 Å². The fourth-order valence-electron chi connectivity index (χ4n) is 2.84. The molecule has 1 fully saturated rings. The van der Waals surface area contributed by atoms with Crippen molar-refractivity contribution >= 4 is 22.5 Å². The molecule has 0 saturated carbocycles. The Morgan fingerprint density at radius 3 is 3.16 bits per heavy atom. The fourth-order valence-corrected chi connectivity index (χ4v) is 3.05. The molecular weight excluding hydrogens is 260 g/mol. The van der Waals surface area contributed by atoms with Gasteiger partial charge in [0.25, 0.3) is 0 Å². The molecule has 4 heteroatoms. The van der Waals surface area contributed by atoms with Crippen molar-refractivity contribution in [1.29, 1.82) is 0 Å². The number of nitrogens with one attached hydrogen (secondary N) is 1. The maximum Gasteiger partial charge on any atom is 0.0887 e. The molecular formula is C15H17ClN2O. The second-order valence-corrected chi connectivity index (χ2v) is 5.34. The summed E-state index contributed by atoms with van der Waals surface area (Å²) in [6.07, 6.45) is 3.01. The monoisotopic (exact) mass is 276 g/mol. The highest BCUT2D eigenvalue weighted by molar-refractivity contribution is 6.35. The lowest BCUT2D eigenvalue weighted by molar-refractivity contribution is 0.0920. The molecule has 3 rings (SSSR count). The molecule has 19 heavy (non-hydrogen) atoms. The molecule has 1 N–H and O–H groups in total. The average molecular weight is 277 g/mol. The minimum Gasteiger partial charge on any atom is -0.373 e. The summed E-state index contributed by atoms with van der Waals surface area (Å²) in [4.78, 5) is 4.50. The van der Waals surface area contributed by atoms with E-state index in [1.54, 1.807) is 0 Å². The topological polar surface area (TPSA) is 34.1 Å². The molecule has 2 heterocycles. The number of hydrogen-bond acceptors (Lipinski definition) is 3. The highest BCUT2D eigenvalue weighted by Gasteiger charge is 2.30. The van der Waals surface area contributed by atoms with E-state index in [4.69, 9.17) is 16.3 Å². The van der Waals surface area contributed by atoms with Crippen LogP contribution >= 0.6 is 11.6 Å². The number of fused-ring (bicyclic) bond motifs is 1. The zero-order chi connectivity index (χ0) is 13.2. The third-order valence-corrected chi connectivity index (χ3v) is 4.06. The van der Waals surface area contributed by atoms with E-state index in [-0.39, 0.29) is 6.10 Å². The first kappa shape index (κ1) is 12.9. The van der Waals surface area contributed by atoms with E-state index < -0.39 is 0 Å². The summed E-state index contributed by atoms with van der Waals surface area (Å²) in [6, 6.07) is 7.92. The van der Waals surface area contributed by atoms with Gasteiger partial charge in [0.1, 0.15) is 0 Å². The Morgan fingerprint density at radius 1 is 1.42 bits per heavy atom. The third-order valence-electron chi connectivity index (χ3n) is 3.73. The number of aromatic nitrogens is 1. The van der Waals surface area contributed by atoms with Crippen LogP contribution in [0.5, 0.6) is 0 Å². The van der Waals surface area contributed by atoms with E-state index in [0.717, 1.165) is 41.1 Å². The van der Waals surface area contributed by atoms with E-state index in [1.807, 2.05) is 31.4 Å². The molecule has 0 radical (unpaired) electrons. The van der Waals surface area contributed by atoms with Crippen LogP contribution in [0, 0.1) is 5.92 Å². The van der Waals surface area contributed by atoms with Crippen LogP contribution in [0.3, 0.4) is 0 Å². The maximum absolute atomic E-state index is 6.24. The van der Waals surface area contributed by atoms with Crippen LogP contribution in [0.1, 0.15) is 18.1 Å². The van der Waals surface area contributed by atoms with Crippen molar-refractivity contribution in [2.75, 3.05) is 20.2 Å². The number of ether oxygens (including phenoxy) is 1. The molecule has 3 nitrogen and oxygen atoms in total. The van der Waals surface area contributed by atoms with E-state index in [1.165, 1.54) is 0 Å². The lowest BCUT2D eigenvalue weighted by atomic mass is 9.93. The van der Waals surface area contributed by atoms with Crippen LogP contribution < -0.4 is 5.32 Å². The number of rotatable bonds is 3. The summed E-state index contributed by atoms with van der Waals surface area (Å²) >= 11 is 6.24. The van der Waals surface area contributed by atoms with Crippen LogP contribution in [0.4, 0.5) is 0 Å². The standard InChI is InChI=1S/C15H17ClN2O/c1-17-9-10-6-8-19-15(10)12-4-5-13(16)11-3-2-7-18-14(11)12/h2-5,7,10,15,17H,6,8-9H2,1H3. The largest absolute Gasteiger partial charge is 0.373 e. The normalized spacial score (nSPS) is 23.1. The highest BCUT2D eigenvalue weighted by atomic mass is 35.5. The van der Waals surface area contributed by atoms with Crippen molar-refractivity contribution in [1.82, 2.24) is 10.3 Å². The molecule has 2 aromatic rings. The molecule has 1 saturated heterocycles. The van der Waals surface area contributed by atoms with Crippen molar-refractivity contribution in [3.8, 4) is 0 Å². The molecule has 0 amide bonds. The lowest BCUT2D eigenvalue weighted by Gasteiger charge is -2.20. The first-order valence-corrected chi connectivity index (χ1v) is 6.98. The van der Waals surface area contributed by atoms with Crippen LogP contribution in [0.2, 0.25) is 5.02 Å². The Bertz CT molecular complexity index is 587. The Kier molecular flexibility index (Phi) is 3.69. The van der Waals surface area contributed by atoms with E-state index in [9.17, 15) is 0 Å². The first-order valence-electron chi connectivity index (χ1n) is 6.60. The molecule has 0 aliphatic carbocycles. The van der Waals surface area contributed by atoms with Gasteiger partial charge in [-0.3, -0.25) is 4.98 Å². The molecule has 2 unspecified atom stereocenters. The summed E-state index contributed by atoms with van der Waals surface area (Å²) in [6.45, 7) is 1.77. The third kappa shape index (κ3) is 2.34. The molecule has 1 aliphatic heterocycles. The van der Waals surface area contributed by atoms with Crippen molar-refractivity contribution in [3.63, 3.8) is 0 Å². The van der Waals surface area contributed by atoms with Gasteiger partial charge in [-0.1, -0.05) is 17.7 Å². The van der Waals surface area contributed by atoms with Gasteiger partial charge in [0.2, 0.25) is 0 Å². The zero-order valence-electron chi connectivity index (χ0n) is 10.9. The van der Waals surface area contributed by atoms with Gasteiger partial charge in [-0.2, -0.15) is 0 Å². The molecule has 1 aromatic heterocycles. The van der Waals surface area contributed by atoms with E-state index >= 15 is 0 Å². The number of benzene rings is 1. The van der Waals surface area contributed by atoms with Crippen molar-refractivity contribution in [3.05, 3.63) is 41.0 Å². The van der Waals surface area contributed by atoms with Crippen LogP contribution in [0.25, 0.3) is 10.9 Å². The highest BCUT2D eigenvalue weighted by Crippen LogP contribution is 2.38. The van der Waals surface area contributed by atoms with Gasteiger partial charge in [0.05, 0.1) is 11.6 Å². The predicted octanol–water partition coefficient (Wildman–Crippen LogP) is 3.19. The number of hydrogen-bond donors (Lipinski definition) is 1. The maximum atomic E-state index is 6.24. The Morgan fingerprint density at radius 2 is 2.32 bits per heavy atom. The van der Waals surface area contributed by atoms with Crippen LogP contribution in [-0.4, -0.2) is 25.2 Å². The minimum absolute atomic E-state index is 0.113. The second-order valence-electron chi connectivity index (χ2n) is 4.93. The van der Waals surface area contributed by atoms with Gasteiger partial charge in [0.15, 0.2) is 0 Å². The van der Waals surface area contributed by atoms with Crippen molar-refractivity contribution < 1.29 is 4.74 Å². The summed E-state index contributed by atoms with van der Waals surface area (Å²) in [5.74, 6) is 0.497. The van der Waals surface area contributed by atoms with Crippen molar-refractivity contribution in [2.45, 2.75) is 12.5 Å². The first-order chi connectivity index (χ1) is 9.31. The number of halogens is 1. The zero-order valence-corrected chi connectivity index (χ0v) is 11.7. The Labute approximate surface area is 117 Å². The smallest absolute Gasteiger partial charge is 0.0887 e. The predicted molar refractivity (Wildman–Crippen MR) is 77.5 cm³/mol. The molecule has 1 aromatic carbocycles. The van der Waals surface area contributed by atoms with Gasteiger partial charge >= 0.3 is 0 Å². The molecule has 100 valence electrons. The van der Waals surface area contributed by atoms with E-state index in [2.05, 4.69) is 16.4 Å². The quantitative estimate of drug-likeness (QED) is 0.935. The van der Waals surface area contributed by atoms with Gasteiger partial charge < -0.3 is 10.1 Å². The van der Waals surface area contributed by atoms with Gasteiger partial charge in [0, 0.05) is 41.2 Å². The van der Waals surface area contributed by atoms with Gasteiger partial charge in [-0.05, 0) is 31.7 Å². The summed E-state index contributed by atoms with van der Waals surface area (Å²) in [5, 5.41) is 4.99. The lowest BCUT2D eigenvalue weighted by Crippen LogP contribution is -2.21.